The van der Waals surface area contributed by atoms with Crippen LogP contribution < -0.4 is 4.90 Å². The zero-order valence-corrected chi connectivity index (χ0v) is 19.0. The molecule has 2 amide bonds. The number of carbonyl (C=O) groups excluding carboxylic acids is 2. The van der Waals surface area contributed by atoms with Crippen molar-refractivity contribution in [2.24, 2.45) is 0 Å². The summed E-state index contributed by atoms with van der Waals surface area (Å²) >= 11 is 0. The molecule has 0 N–H and O–H groups in total. The van der Waals surface area contributed by atoms with Gasteiger partial charge in [0.05, 0.1) is 6.04 Å². The number of hydrogen-bond acceptors (Lipinski definition) is 5. The van der Waals surface area contributed by atoms with Gasteiger partial charge in [-0.1, -0.05) is 24.6 Å². The van der Waals surface area contributed by atoms with Crippen molar-refractivity contribution in [3.63, 3.8) is 0 Å². The van der Waals surface area contributed by atoms with Gasteiger partial charge >= 0.3 is 0 Å². The number of rotatable bonds is 3. The molecule has 0 spiro atoms. The number of amides is 2. The Hall–Kier alpha value is -3.35. The van der Waals surface area contributed by atoms with Crippen molar-refractivity contribution < 1.29 is 14.3 Å². The lowest BCUT2D eigenvalue weighted by molar-refractivity contribution is -0.145. The molecule has 7 nitrogen and oxygen atoms in total. The molecule has 2 atom stereocenters. The van der Waals surface area contributed by atoms with Crippen LogP contribution in [-0.4, -0.2) is 72.0 Å². The van der Waals surface area contributed by atoms with Gasteiger partial charge in [0.25, 0.3) is 11.8 Å². The molecular formula is C26H30N4O3. The van der Waals surface area contributed by atoms with Crippen molar-refractivity contribution in [3.8, 4) is 0 Å². The highest BCUT2D eigenvalue weighted by Gasteiger charge is 2.39. The molecule has 0 radical (unpaired) electrons. The van der Waals surface area contributed by atoms with Crippen LogP contribution >= 0.6 is 0 Å². The lowest BCUT2D eigenvalue weighted by Gasteiger charge is -2.42. The van der Waals surface area contributed by atoms with Crippen molar-refractivity contribution >= 4 is 23.7 Å². The molecule has 2 saturated heterocycles. The van der Waals surface area contributed by atoms with E-state index in [1.807, 2.05) is 59.3 Å². The largest absolute Gasteiger partial charge is 0.482 e. The molecule has 1 aliphatic carbocycles. The first-order valence-corrected chi connectivity index (χ1v) is 11.8. The Balaban J connectivity index is 1.22. The summed E-state index contributed by atoms with van der Waals surface area (Å²) in [5.74, 6) is 1.31. The Morgan fingerprint density at radius 2 is 1.79 bits per heavy atom. The number of benzene rings is 1. The van der Waals surface area contributed by atoms with Crippen molar-refractivity contribution in [1.29, 1.82) is 0 Å². The molecule has 172 valence electrons. The third kappa shape index (κ3) is 4.45. The van der Waals surface area contributed by atoms with E-state index >= 15 is 0 Å². The van der Waals surface area contributed by atoms with Gasteiger partial charge in [0.2, 0.25) is 0 Å². The third-order valence-corrected chi connectivity index (χ3v) is 6.97. The first kappa shape index (κ1) is 21.5. The summed E-state index contributed by atoms with van der Waals surface area (Å²) in [6.45, 7) is 2.86. The van der Waals surface area contributed by atoms with Gasteiger partial charge in [-0.2, -0.15) is 0 Å². The van der Waals surface area contributed by atoms with Crippen molar-refractivity contribution in [2.45, 2.75) is 37.8 Å². The van der Waals surface area contributed by atoms with E-state index in [-0.39, 0.29) is 24.0 Å². The first-order chi connectivity index (χ1) is 16.1. The van der Waals surface area contributed by atoms with Gasteiger partial charge < -0.3 is 19.4 Å². The second kappa shape index (κ2) is 9.25. The molecule has 3 fully saturated rings. The van der Waals surface area contributed by atoms with Crippen LogP contribution in [0, 0.1) is 0 Å². The molecule has 5 rings (SSSR count). The van der Waals surface area contributed by atoms with Gasteiger partial charge in [0, 0.05) is 45.0 Å². The number of morpholine rings is 1. The van der Waals surface area contributed by atoms with Crippen LogP contribution in [0.25, 0.3) is 6.08 Å². The highest BCUT2D eigenvalue weighted by Crippen LogP contribution is 2.32. The van der Waals surface area contributed by atoms with Crippen molar-refractivity contribution in [1.82, 2.24) is 14.8 Å². The molecule has 1 aromatic heterocycles. The normalized spacial score (nSPS) is 24.5. The molecule has 2 aromatic rings. The van der Waals surface area contributed by atoms with Crippen LogP contribution in [0.5, 0.6) is 0 Å². The fraction of sp³-hybridized carbons (Fsp3) is 0.423. The molecule has 0 bridgehead atoms. The summed E-state index contributed by atoms with van der Waals surface area (Å²) in [6, 6.07) is 13.5. The molecular weight excluding hydrogens is 416 g/mol. The second-order valence-corrected chi connectivity index (χ2v) is 9.02. The number of anilines is 1. The second-order valence-electron chi connectivity index (χ2n) is 9.02. The zero-order valence-electron chi connectivity index (χ0n) is 19.0. The van der Waals surface area contributed by atoms with E-state index in [9.17, 15) is 9.59 Å². The summed E-state index contributed by atoms with van der Waals surface area (Å²) in [6.07, 6.45) is 7.95. The fourth-order valence-corrected chi connectivity index (χ4v) is 5.03. The summed E-state index contributed by atoms with van der Waals surface area (Å²) < 4.78 is 6.08. The van der Waals surface area contributed by atoms with Crippen LogP contribution in [0.2, 0.25) is 0 Å². The van der Waals surface area contributed by atoms with Gasteiger partial charge in [-0.3, -0.25) is 9.59 Å². The SMILES string of the molecule is CN1C(=O)/C(=C/c2ccc(C(=O)N3CCN(c4ccccn4)CC3)cc2)OC2CCCCC21. The van der Waals surface area contributed by atoms with E-state index < -0.39 is 0 Å². The Morgan fingerprint density at radius 1 is 1.03 bits per heavy atom. The van der Waals surface area contributed by atoms with Crippen molar-refractivity contribution in [2.75, 3.05) is 38.1 Å². The first-order valence-electron chi connectivity index (χ1n) is 11.8. The minimum atomic E-state index is -0.0657. The topological polar surface area (TPSA) is 66.0 Å². The van der Waals surface area contributed by atoms with E-state index in [1.54, 1.807) is 12.3 Å². The highest BCUT2D eigenvalue weighted by atomic mass is 16.5. The van der Waals surface area contributed by atoms with Gasteiger partial charge in [-0.15, -0.1) is 0 Å². The number of likely N-dealkylation sites (N-methyl/N-ethyl adjacent to an activating group) is 1. The fourth-order valence-electron chi connectivity index (χ4n) is 5.03. The molecule has 7 heteroatoms. The van der Waals surface area contributed by atoms with E-state index in [0.717, 1.165) is 50.2 Å². The lowest BCUT2D eigenvalue weighted by Crippen LogP contribution is -2.52. The predicted octanol–water partition coefficient (Wildman–Crippen LogP) is 3.18. The molecule has 3 heterocycles. The third-order valence-electron chi connectivity index (χ3n) is 6.97. The maximum atomic E-state index is 13.0. The van der Waals surface area contributed by atoms with E-state index in [2.05, 4.69) is 9.88 Å². The lowest BCUT2D eigenvalue weighted by atomic mass is 9.90. The average Bonchev–Trinajstić information content (AvgIpc) is 2.88. The molecule has 1 aromatic carbocycles. The molecule has 2 unspecified atom stereocenters. The van der Waals surface area contributed by atoms with Gasteiger partial charge in [-0.05, 0) is 55.2 Å². The number of hydrogen-bond donors (Lipinski definition) is 0. The Labute approximate surface area is 194 Å². The van der Waals surface area contributed by atoms with Gasteiger partial charge in [0.15, 0.2) is 5.76 Å². The number of carbonyl (C=O) groups is 2. The number of piperazine rings is 1. The zero-order chi connectivity index (χ0) is 22.8. The molecule has 1 saturated carbocycles. The standard InChI is InChI=1S/C26H30N4O3/c1-28-21-6-2-3-7-22(21)33-23(26(28)32)18-19-9-11-20(12-10-19)25(31)30-16-14-29(15-17-30)24-8-4-5-13-27-24/h4-5,8-13,18,21-22H,2-3,6-7,14-17H2,1H3/b23-18-. The molecule has 3 aliphatic rings. The van der Waals surface area contributed by atoms with E-state index in [4.69, 9.17) is 4.74 Å². The number of nitrogens with zero attached hydrogens (tertiary/aromatic N) is 4. The van der Waals surface area contributed by atoms with Crippen LogP contribution in [0.15, 0.2) is 54.4 Å². The Kier molecular flexibility index (Phi) is 6.03. The van der Waals surface area contributed by atoms with Crippen LogP contribution in [0.3, 0.4) is 0 Å². The number of ether oxygens (including phenoxy) is 1. The van der Waals surface area contributed by atoms with Crippen molar-refractivity contribution in [3.05, 3.63) is 65.5 Å². The minimum absolute atomic E-state index is 0.0321. The van der Waals surface area contributed by atoms with E-state index in [0.29, 0.717) is 24.4 Å². The molecule has 33 heavy (non-hydrogen) atoms. The Bertz CT molecular complexity index is 1030. The number of fused-ring (bicyclic) bond motifs is 1. The van der Waals surface area contributed by atoms with Crippen LogP contribution in [0.1, 0.15) is 41.6 Å². The summed E-state index contributed by atoms with van der Waals surface area (Å²) in [5.41, 5.74) is 1.52. The maximum absolute atomic E-state index is 13.0. The monoisotopic (exact) mass is 446 g/mol. The molecule has 2 aliphatic heterocycles. The number of pyridine rings is 1. The maximum Gasteiger partial charge on any atom is 0.289 e. The predicted molar refractivity (Wildman–Crippen MR) is 127 cm³/mol. The minimum Gasteiger partial charge on any atom is -0.482 e. The summed E-state index contributed by atoms with van der Waals surface area (Å²) in [4.78, 5) is 36.1. The van der Waals surface area contributed by atoms with E-state index in [1.165, 1.54) is 0 Å². The highest BCUT2D eigenvalue weighted by molar-refractivity contribution is 5.97. The number of aromatic nitrogens is 1. The summed E-state index contributed by atoms with van der Waals surface area (Å²) in [5, 5.41) is 0. The van der Waals surface area contributed by atoms with Crippen LogP contribution in [-0.2, 0) is 9.53 Å². The van der Waals surface area contributed by atoms with Gasteiger partial charge in [-0.25, -0.2) is 4.98 Å². The smallest absolute Gasteiger partial charge is 0.289 e. The Morgan fingerprint density at radius 3 is 2.52 bits per heavy atom. The summed E-state index contributed by atoms with van der Waals surface area (Å²) in [7, 11) is 1.87. The van der Waals surface area contributed by atoms with Gasteiger partial charge in [0.1, 0.15) is 11.9 Å². The van der Waals surface area contributed by atoms with Crippen LogP contribution in [0.4, 0.5) is 5.82 Å². The average molecular weight is 447 g/mol. The quantitative estimate of drug-likeness (QED) is 0.678.